The zero-order valence-electron chi connectivity index (χ0n) is 9.99. The van der Waals surface area contributed by atoms with Crippen molar-refractivity contribution in [1.29, 1.82) is 0 Å². The van der Waals surface area contributed by atoms with E-state index in [0.29, 0.717) is 0 Å². The van der Waals surface area contributed by atoms with Crippen LogP contribution in [0.25, 0.3) is 21.5 Å². The number of phenols is 6. The van der Waals surface area contributed by atoms with Crippen LogP contribution in [-0.2, 0) is 0 Å². The fourth-order valence-electron chi connectivity index (χ4n) is 2.34. The van der Waals surface area contributed by atoms with E-state index in [2.05, 4.69) is 0 Å². The molecule has 6 heteroatoms. The Morgan fingerprint density at radius 2 is 0.950 bits per heavy atom. The maximum atomic E-state index is 10.2. The molecule has 0 spiro atoms. The van der Waals surface area contributed by atoms with Crippen LogP contribution in [0, 0.1) is 0 Å². The van der Waals surface area contributed by atoms with Gasteiger partial charge in [0, 0.05) is 5.39 Å². The second-order valence-electron chi connectivity index (χ2n) is 4.41. The predicted molar refractivity (Wildman–Crippen MR) is 71.4 cm³/mol. The van der Waals surface area contributed by atoms with Crippen molar-refractivity contribution in [3.8, 4) is 34.5 Å². The SMILES string of the molecule is Oc1ccc2c(O)c3c(O)ccc(O)c3c(O)c2c1O. The lowest BCUT2D eigenvalue weighted by atomic mass is 9.98. The normalized spacial score (nSPS) is 11.2. The van der Waals surface area contributed by atoms with Crippen LogP contribution >= 0.6 is 0 Å². The van der Waals surface area contributed by atoms with Gasteiger partial charge in [0.15, 0.2) is 11.5 Å². The Morgan fingerprint density at radius 3 is 1.55 bits per heavy atom. The molecule has 0 aromatic heterocycles. The van der Waals surface area contributed by atoms with E-state index in [1.165, 1.54) is 12.1 Å². The van der Waals surface area contributed by atoms with Crippen molar-refractivity contribution in [1.82, 2.24) is 0 Å². The van der Waals surface area contributed by atoms with Gasteiger partial charge in [0.1, 0.15) is 23.0 Å². The molecule has 0 radical (unpaired) electrons. The second-order valence-corrected chi connectivity index (χ2v) is 4.41. The summed E-state index contributed by atoms with van der Waals surface area (Å²) in [6, 6.07) is 4.73. The van der Waals surface area contributed by atoms with Crippen LogP contribution in [0.4, 0.5) is 0 Å². The lowest BCUT2D eigenvalue weighted by Crippen LogP contribution is -1.84. The topological polar surface area (TPSA) is 121 Å². The van der Waals surface area contributed by atoms with Gasteiger partial charge in [-0.25, -0.2) is 0 Å². The average molecular weight is 274 g/mol. The van der Waals surface area contributed by atoms with Gasteiger partial charge >= 0.3 is 0 Å². The molecule has 102 valence electrons. The molecule has 0 fully saturated rings. The molecule has 3 aromatic rings. The zero-order chi connectivity index (χ0) is 14.6. The third kappa shape index (κ3) is 1.33. The summed E-state index contributed by atoms with van der Waals surface area (Å²) in [6.07, 6.45) is 0. The van der Waals surface area contributed by atoms with Crippen LogP contribution in [0.1, 0.15) is 0 Å². The Kier molecular flexibility index (Phi) is 2.25. The van der Waals surface area contributed by atoms with Gasteiger partial charge in [0.05, 0.1) is 16.2 Å². The van der Waals surface area contributed by atoms with E-state index in [0.717, 1.165) is 12.1 Å². The molecule has 20 heavy (non-hydrogen) atoms. The van der Waals surface area contributed by atoms with Crippen molar-refractivity contribution in [2.75, 3.05) is 0 Å². The third-order valence-corrected chi connectivity index (χ3v) is 3.28. The van der Waals surface area contributed by atoms with Gasteiger partial charge in [-0.2, -0.15) is 0 Å². The fraction of sp³-hybridized carbons (Fsp3) is 0. The maximum absolute atomic E-state index is 10.2. The number of phenolic OH excluding ortho intramolecular Hbond substituents is 6. The number of benzene rings is 3. The molecular weight excluding hydrogens is 264 g/mol. The minimum absolute atomic E-state index is 0.0335. The highest BCUT2D eigenvalue weighted by molar-refractivity contribution is 6.16. The van der Waals surface area contributed by atoms with E-state index in [4.69, 9.17) is 0 Å². The van der Waals surface area contributed by atoms with Gasteiger partial charge < -0.3 is 30.6 Å². The summed E-state index contributed by atoms with van der Waals surface area (Å²) in [4.78, 5) is 0. The number of fused-ring (bicyclic) bond motifs is 2. The Bertz CT molecular complexity index is 865. The van der Waals surface area contributed by atoms with Crippen molar-refractivity contribution in [2.45, 2.75) is 0 Å². The number of rotatable bonds is 0. The van der Waals surface area contributed by atoms with Crippen molar-refractivity contribution in [3.63, 3.8) is 0 Å². The molecule has 0 atom stereocenters. The Hall–Kier alpha value is -3.02. The molecule has 0 aliphatic rings. The molecule has 3 aromatic carbocycles. The minimum atomic E-state index is -0.625. The van der Waals surface area contributed by atoms with Crippen molar-refractivity contribution in [2.24, 2.45) is 0 Å². The van der Waals surface area contributed by atoms with Gasteiger partial charge in [-0.3, -0.25) is 0 Å². The summed E-state index contributed by atoms with van der Waals surface area (Å²) in [6.45, 7) is 0. The molecule has 0 aliphatic carbocycles. The first-order valence-electron chi connectivity index (χ1n) is 5.66. The smallest absolute Gasteiger partial charge is 0.169 e. The molecule has 0 saturated carbocycles. The number of aromatic hydroxyl groups is 6. The van der Waals surface area contributed by atoms with Crippen LogP contribution < -0.4 is 0 Å². The largest absolute Gasteiger partial charge is 0.507 e. The van der Waals surface area contributed by atoms with Gasteiger partial charge in [-0.05, 0) is 24.3 Å². The van der Waals surface area contributed by atoms with Crippen LogP contribution in [-0.4, -0.2) is 30.6 Å². The van der Waals surface area contributed by atoms with Crippen LogP contribution in [0.2, 0.25) is 0 Å². The summed E-state index contributed by atoms with van der Waals surface area (Å²) in [7, 11) is 0. The van der Waals surface area contributed by atoms with E-state index in [1.807, 2.05) is 0 Å². The first-order chi connectivity index (χ1) is 9.43. The zero-order valence-corrected chi connectivity index (χ0v) is 9.99. The van der Waals surface area contributed by atoms with E-state index in [-0.39, 0.29) is 33.0 Å². The molecule has 3 rings (SSSR count). The monoisotopic (exact) mass is 274 g/mol. The lowest BCUT2D eigenvalue weighted by Gasteiger charge is -2.13. The summed E-state index contributed by atoms with van der Waals surface area (Å²) >= 11 is 0. The molecule has 0 heterocycles. The number of hydrogen-bond donors (Lipinski definition) is 6. The van der Waals surface area contributed by atoms with Gasteiger partial charge in [-0.1, -0.05) is 0 Å². The Balaban J connectivity index is 2.73. The Labute approximate surface area is 112 Å². The summed E-state index contributed by atoms with van der Waals surface area (Å²) in [5, 5.41) is 58.7. The van der Waals surface area contributed by atoms with Gasteiger partial charge in [0.2, 0.25) is 0 Å². The highest BCUT2D eigenvalue weighted by Crippen LogP contribution is 2.52. The molecular formula is C14H10O6. The average Bonchev–Trinajstić information content (AvgIpc) is 2.41. The fourth-order valence-corrected chi connectivity index (χ4v) is 2.34. The van der Waals surface area contributed by atoms with E-state index < -0.39 is 23.0 Å². The number of hydrogen-bond acceptors (Lipinski definition) is 6. The van der Waals surface area contributed by atoms with Crippen molar-refractivity contribution >= 4 is 21.5 Å². The van der Waals surface area contributed by atoms with E-state index in [1.54, 1.807) is 0 Å². The summed E-state index contributed by atoms with van der Waals surface area (Å²) < 4.78 is 0. The lowest BCUT2D eigenvalue weighted by molar-refractivity contribution is 0.405. The third-order valence-electron chi connectivity index (χ3n) is 3.28. The highest BCUT2D eigenvalue weighted by Gasteiger charge is 2.21. The predicted octanol–water partition coefficient (Wildman–Crippen LogP) is 2.23. The first-order valence-corrected chi connectivity index (χ1v) is 5.66. The van der Waals surface area contributed by atoms with Gasteiger partial charge in [0.25, 0.3) is 0 Å². The summed E-state index contributed by atoms with van der Waals surface area (Å²) in [5.74, 6) is -2.78. The molecule has 0 saturated heterocycles. The van der Waals surface area contributed by atoms with Crippen molar-refractivity contribution < 1.29 is 30.6 Å². The molecule has 6 nitrogen and oxygen atoms in total. The molecule has 0 bridgehead atoms. The van der Waals surface area contributed by atoms with Gasteiger partial charge in [-0.15, -0.1) is 0 Å². The van der Waals surface area contributed by atoms with Crippen LogP contribution in [0.15, 0.2) is 24.3 Å². The van der Waals surface area contributed by atoms with Crippen LogP contribution in [0.5, 0.6) is 34.5 Å². The Morgan fingerprint density at radius 1 is 0.450 bits per heavy atom. The highest BCUT2D eigenvalue weighted by atomic mass is 16.3. The maximum Gasteiger partial charge on any atom is 0.169 e. The van der Waals surface area contributed by atoms with E-state index in [9.17, 15) is 30.6 Å². The summed E-state index contributed by atoms with van der Waals surface area (Å²) in [5.41, 5.74) is 0. The minimum Gasteiger partial charge on any atom is -0.507 e. The van der Waals surface area contributed by atoms with E-state index >= 15 is 0 Å². The molecule has 6 N–H and O–H groups in total. The standard InChI is InChI=1S/C14H10O6/c15-6-3-4-7(16)11-10(6)12(18)5-1-2-8(17)13(19)9(5)14(11)20/h1-4,15-20H. The molecule has 0 aliphatic heterocycles. The van der Waals surface area contributed by atoms with Crippen molar-refractivity contribution in [3.05, 3.63) is 24.3 Å². The molecule has 0 unspecified atom stereocenters. The molecule has 0 amide bonds. The quantitative estimate of drug-likeness (QED) is 0.212. The first kappa shape index (κ1) is 12.0. The van der Waals surface area contributed by atoms with Crippen LogP contribution in [0.3, 0.4) is 0 Å². The second kappa shape index (κ2) is 3.74.